The average Bonchev–Trinajstić information content (AvgIpc) is 3.36. The summed E-state index contributed by atoms with van der Waals surface area (Å²) in [5, 5.41) is 5.17. The first kappa shape index (κ1) is 19.8. The molecule has 1 aromatic carbocycles. The quantitative estimate of drug-likeness (QED) is 0.284. The van der Waals surface area contributed by atoms with Crippen LogP contribution in [0.3, 0.4) is 0 Å². The summed E-state index contributed by atoms with van der Waals surface area (Å²) >= 11 is 9.14. The molecule has 0 radical (unpaired) electrons. The standard InChI is InChI=1S/C22H18ClN3OS2/c1-3-16(19-10-11-21(23)29-19)25-26-22(27)15-12-18(20-9-8-13(2)28-20)24-17-7-5-4-6-14(15)17/h4-12H,3H2,1-2H3,(H,26,27)/b25-16-. The van der Waals surface area contributed by atoms with Gasteiger partial charge in [0.1, 0.15) is 0 Å². The number of benzene rings is 1. The molecule has 0 spiro atoms. The lowest BCUT2D eigenvalue weighted by Gasteiger charge is -2.09. The van der Waals surface area contributed by atoms with E-state index in [4.69, 9.17) is 16.6 Å². The van der Waals surface area contributed by atoms with E-state index in [1.807, 2.05) is 55.5 Å². The predicted molar refractivity (Wildman–Crippen MR) is 123 cm³/mol. The first-order valence-electron chi connectivity index (χ1n) is 9.14. The van der Waals surface area contributed by atoms with Gasteiger partial charge in [0.05, 0.1) is 36.6 Å². The summed E-state index contributed by atoms with van der Waals surface area (Å²) < 4.78 is 0.698. The number of halogens is 1. The smallest absolute Gasteiger partial charge is 0.267 e. The number of rotatable bonds is 5. The number of aromatic nitrogens is 1. The lowest BCUT2D eigenvalue weighted by molar-refractivity contribution is 0.0956. The van der Waals surface area contributed by atoms with Gasteiger partial charge >= 0.3 is 0 Å². The Kier molecular flexibility index (Phi) is 5.76. The molecule has 4 rings (SSSR count). The molecule has 0 unspecified atom stereocenters. The largest absolute Gasteiger partial charge is 0.272 e. The van der Waals surface area contributed by atoms with Crippen LogP contribution in [0.25, 0.3) is 21.5 Å². The van der Waals surface area contributed by atoms with Gasteiger partial charge in [-0.15, -0.1) is 22.7 Å². The summed E-state index contributed by atoms with van der Waals surface area (Å²) in [6.07, 6.45) is 0.688. The molecule has 0 aliphatic carbocycles. The van der Waals surface area contributed by atoms with E-state index in [1.165, 1.54) is 16.2 Å². The average molecular weight is 440 g/mol. The lowest BCUT2D eigenvalue weighted by Crippen LogP contribution is -2.20. The van der Waals surface area contributed by atoms with E-state index in [-0.39, 0.29) is 5.91 Å². The van der Waals surface area contributed by atoms with Crippen molar-refractivity contribution in [3.8, 4) is 10.6 Å². The molecule has 1 N–H and O–H groups in total. The number of hydrazone groups is 1. The van der Waals surface area contributed by atoms with Crippen molar-refractivity contribution < 1.29 is 4.79 Å². The second-order valence-corrected chi connectivity index (χ2v) is 9.44. The van der Waals surface area contributed by atoms with Crippen molar-refractivity contribution in [2.45, 2.75) is 20.3 Å². The van der Waals surface area contributed by atoms with Gasteiger partial charge in [-0.2, -0.15) is 5.10 Å². The van der Waals surface area contributed by atoms with Crippen LogP contribution in [0.5, 0.6) is 0 Å². The second kappa shape index (κ2) is 8.45. The normalized spacial score (nSPS) is 11.8. The first-order chi connectivity index (χ1) is 14.0. The molecule has 3 aromatic heterocycles. The molecular formula is C22H18ClN3OS2. The molecule has 4 aromatic rings. The van der Waals surface area contributed by atoms with Crippen LogP contribution in [-0.2, 0) is 0 Å². The van der Waals surface area contributed by atoms with E-state index in [2.05, 4.69) is 23.5 Å². The van der Waals surface area contributed by atoms with E-state index in [0.29, 0.717) is 16.3 Å². The van der Waals surface area contributed by atoms with Gasteiger partial charge in [-0.3, -0.25) is 4.79 Å². The van der Waals surface area contributed by atoms with Gasteiger partial charge in [0, 0.05) is 10.3 Å². The van der Waals surface area contributed by atoms with E-state index >= 15 is 0 Å². The Morgan fingerprint density at radius 2 is 1.97 bits per heavy atom. The van der Waals surface area contributed by atoms with Crippen molar-refractivity contribution >= 4 is 56.8 Å². The number of nitrogens with one attached hydrogen (secondary N) is 1. The van der Waals surface area contributed by atoms with Crippen LogP contribution in [0.15, 0.2) is 59.7 Å². The van der Waals surface area contributed by atoms with Crippen LogP contribution in [0.2, 0.25) is 4.34 Å². The van der Waals surface area contributed by atoms with Gasteiger partial charge in [-0.25, -0.2) is 10.4 Å². The molecule has 0 fully saturated rings. The first-order valence-corrected chi connectivity index (χ1v) is 11.2. The highest BCUT2D eigenvalue weighted by atomic mass is 35.5. The zero-order valence-electron chi connectivity index (χ0n) is 15.9. The van der Waals surface area contributed by atoms with Crippen LogP contribution in [-0.4, -0.2) is 16.6 Å². The van der Waals surface area contributed by atoms with Gasteiger partial charge in [-0.1, -0.05) is 36.7 Å². The van der Waals surface area contributed by atoms with Crippen molar-refractivity contribution in [1.29, 1.82) is 0 Å². The van der Waals surface area contributed by atoms with Crippen LogP contribution in [0, 0.1) is 6.92 Å². The zero-order valence-corrected chi connectivity index (χ0v) is 18.3. The molecule has 0 saturated heterocycles. The molecule has 0 atom stereocenters. The van der Waals surface area contributed by atoms with Gasteiger partial charge in [-0.05, 0) is 49.7 Å². The number of carbonyl (C=O) groups is 1. The van der Waals surface area contributed by atoms with Crippen molar-refractivity contribution in [2.75, 3.05) is 0 Å². The predicted octanol–water partition coefficient (Wildman–Crippen LogP) is 6.53. The summed E-state index contributed by atoms with van der Waals surface area (Å²) in [6, 6.07) is 17.3. The monoisotopic (exact) mass is 439 g/mol. The topological polar surface area (TPSA) is 54.4 Å². The summed E-state index contributed by atoms with van der Waals surface area (Å²) in [6.45, 7) is 4.05. The Hall–Kier alpha value is -2.54. The fourth-order valence-electron chi connectivity index (χ4n) is 3.02. The van der Waals surface area contributed by atoms with E-state index in [0.717, 1.165) is 32.1 Å². The molecule has 4 nitrogen and oxygen atoms in total. The van der Waals surface area contributed by atoms with Crippen LogP contribution in [0.4, 0.5) is 0 Å². The number of pyridine rings is 1. The van der Waals surface area contributed by atoms with E-state index < -0.39 is 0 Å². The van der Waals surface area contributed by atoms with Gasteiger partial charge in [0.2, 0.25) is 0 Å². The van der Waals surface area contributed by atoms with Gasteiger partial charge in [0.25, 0.3) is 5.91 Å². The van der Waals surface area contributed by atoms with Crippen LogP contribution >= 0.6 is 34.3 Å². The molecule has 146 valence electrons. The highest BCUT2D eigenvalue weighted by Crippen LogP contribution is 2.30. The molecule has 1 amide bonds. The number of carbonyl (C=O) groups excluding carboxylic acids is 1. The molecular weight excluding hydrogens is 422 g/mol. The molecule has 3 heterocycles. The number of thiophene rings is 2. The minimum atomic E-state index is -0.258. The number of hydrogen-bond acceptors (Lipinski definition) is 5. The Labute approximate surface area is 181 Å². The molecule has 0 bridgehead atoms. The Morgan fingerprint density at radius 1 is 1.14 bits per heavy atom. The van der Waals surface area contributed by atoms with Crippen molar-refractivity contribution in [1.82, 2.24) is 10.4 Å². The fraction of sp³-hybridized carbons (Fsp3) is 0.136. The summed E-state index contributed by atoms with van der Waals surface area (Å²) in [5.74, 6) is -0.258. The highest BCUT2D eigenvalue weighted by Gasteiger charge is 2.15. The van der Waals surface area contributed by atoms with Gasteiger partial charge in [0.15, 0.2) is 0 Å². The van der Waals surface area contributed by atoms with Crippen molar-refractivity contribution in [3.05, 3.63) is 74.3 Å². The fourth-order valence-corrected chi connectivity index (χ4v) is 4.95. The maximum Gasteiger partial charge on any atom is 0.272 e. The molecule has 29 heavy (non-hydrogen) atoms. The Morgan fingerprint density at radius 3 is 2.66 bits per heavy atom. The third-order valence-corrected chi connectivity index (χ3v) is 6.74. The Balaban J connectivity index is 1.72. The number of amides is 1. The summed E-state index contributed by atoms with van der Waals surface area (Å²) in [4.78, 5) is 21.0. The number of para-hydroxylation sites is 1. The minimum Gasteiger partial charge on any atom is -0.267 e. The van der Waals surface area contributed by atoms with Crippen molar-refractivity contribution in [3.63, 3.8) is 0 Å². The Bertz CT molecular complexity index is 1230. The number of fused-ring (bicyclic) bond motifs is 1. The molecule has 0 aliphatic heterocycles. The minimum absolute atomic E-state index is 0.258. The maximum atomic E-state index is 13.0. The maximum absolute atomic E-state index is 13.0. The molecule has 0 aliphatic rings. The lowest BCUT2D eigenvalue weighted by atomic mass is 10.1. The number of hydrogen-bond donors (Lipinski definition) is 1. The molecule has 7 heteroatoms. The van der Waals surface area contributed by atoms with Crippen LogP contribution < -0.4 is 5.43 Å². The summed E-state index contributed by atoms with van der Waals surface area (Å²) in [5.41, 5.74) is 5.64. The zero-order chi connectivity index (χ0) is 20.4. The summed E-state index contributed by atoms with van der Waals surface area (Å²) in [7, 11) is 0. The highest BCUT2D eigenvalue weighted by molar-refractivity contribution is 7.18. The SMILES string of the molecule is CC/C(=N/NC(=O)c1cc(-c2ccc(C)s2)nc2ccccc12)c1ccc(Cl)s1. The second-order valence-electron chi connectivity index (χ2n) is 6.44. The van der Waals surface area contributed by atoms with Crippen LogP contribution in [0.1, 0.15) is 33.5 Å². The third-order valence-electron chi connectivity index (χ3n) is 4.44. The van der Waals surface area contributed by atoms with E-state index in [1.54, 1.807) is 11.3 Å². The van der Waals surface area contributed by atoms with Gasteiger partial charge < -0.3 is 0 Å². The number of aryl methyl sites for hydroxylation is 1. The third kappa shape index (κ3) is 4.24. The van der Waals surface area contributed by atoms with Crippen molar-refractivity contribution in [2.24, 2.45) is 5.10 Å². The number of nitrogens with zero attached hydrogens (tertiary/aromatic N) is 2. The molecule has 0 saturated carbocycles. The van der Waals surface area contributed by atoms with E-state index in [9.17, 15) is 4.79 Å².